The van der Waals surface area contributed by atoms with Crippen LogP contribution in [0.1, 0.15) is 11.6 Å². The molecule has 1 fully saturated rings. The van der Waals surface area contributed by atoms with Gasteiger partial charge in [0.1, 0.15) is 12.1 Å². The summed E-state index contributed by atoms with van der Waals surface area (Å²) in [6.45, 7) is -1.06. The highest BCUT2D eigenvalue weighted by Crippen LogP contribution is 2.47. The minimum Gasteiger partial charge on any atom is -0.396 e. The maximum absolute atomic E-state index is 14.3. The zero-order valence-electron chi connectivity index (χ0n) is 11.0. The first-order valence-corrected chi connectivity index (χ1v) is 7.14. The van der Waals surface area contributed by atoms with Crippen LogP contribution >= 0.6 is 15.9 Å². The number of H-pyrrole nitrogens is 1. The highest BCUT2D eigenvalue weighted by Gasteiger charge is 2.63. The molecule has 22 heavy (non-hydrogen) atoms. The summed E-state index contributed by atoms with van der Waals surface area (Å²) < 4.78 is 29.1. The number of hydrogen-bond acceptors (Lipinski definition) is 5. The molecule has 1 saturated carbocycles. The van der Waals surface area contributed by atoms with E-state index in [9.17, 15) is 28.6 Å². The normalized spacial score (nSPS) is 31.0. The van der Waals surface area contributed by atoms with Gasteiger partial charge in [-0.1, -0.05) is 15.9 Å². The Hall–Kier alpha value is -1.36. The number of rotatable bonds is 3. The van der Waals surface area contributed by atoms with Crippen LogP contribution in [0.4, 0.5) is 8.78 Å². The van der Waals surface area contributed by atoms with E-state index in [0.717, 1.165) is 6.20 Å². The second-order valence-corrected chi connectivity index (χ2v) is 5.46. The summed E-state index contributed by atoms with van der Waals surface area (Å²) >= 11 is 2.92. The number of alkyl halides is 2. The first-order chi connectivity index (χ1) is 10.3. The lowest BCUT2D eigenvalue weighted by atomic mass is 10.0. The van der Waals surface area contributed by atoms with Gasteiger partial charge in [0.25, 0.3) is 11.5 Å². The summed E-state index contributed by atoms with van der Waals surface area (Å²) in [4.78, 5) is 26.5. The van der Waals surface area contributed by atoms with E-state index < -0.39 is 47.9 Å². The minimum absolute atomic E-state index is 0.0959. The largest absolute Gasteiger partial charge is 0.396 e. The van der Waals surface area contributed by atoms with Gasteiger partial charge in [0, 0.05) is 6.20 Å². The van der Waals surface area contributed by atoms with Gasteiger partial charge in [0.15, 0.2) is 0 Å². The van der Waals surface area contributed by atoms with E-state index >= 15 is 0 Å². The molecule has 122 valence electrons. The van der Waals surface area contributed by atoms with Crippen LogP contribution in [0.25, 0.3) is 6.08 Å². The monoisotopic (exact) mass is 382 g/mol. The van der Waals surface area contributed by atoms with Crippen molar-refractivity contribution in [3.05, 3.63) is 37.6 Å². The van der Waals surface area contributed by atoms with E-state index in [1.165, 1.54) is 11.1 Å². The van der Waals surface area contributed by atoms with E-state index in [4.69, 9.17) is 5.11 Å². The first kappa shape index (κ1) is 17.0. The Kier molecular flexibility index (Phi) is 4.66. The van der Waals surface area contributed by atoms with Crippen molar-refractivity contribution in [2.24, 2.45) is 5.92 Å². The minimum atomic E-state index is -3.75. The molecule has 4 atom stereocenters. The molecule has 0 amide bonds. The lowest BCUT2D eigenvalue weighted by molar-refractivity contribution is -0.102. The summed E-state index contributed by atoms with van der Waals surface area (Å²) in [7, 11) is 0. The maximum atomic E-state index is 14.3. The van der Waals surface area contributed by atoms with Crippen molar-refractivity contribution in [2.45, 2.75) is 24.2 Å². The van der Waals surface area contributed by atoms with Gasteiger partial charge < -0.3 is 15.3 Å². The van der Waals surface area contributed by atoms with Crippen LogP contribution in [-0.4, -0.2) is 49.6 Å². The predicted molar refractivity (Wildman–Crippen MR) is 75.9 cm³/mol. The van der Waals surface area contributed by atoms with E-state index in [0.29, 0.717) is 4.57 Å². The molecular weight excluding hydrogens is 370 g/mol. The molecule has 1 heterocycles. The summed E-state index contributed by atoms with van der Waals surface area (Å²) in [5, 5.41) is 28.5. The van der Waals surface area contributed by atoms with Gasteiger partial charge in [0.2, 0.25) is 0 Å². The van der Waals surface area contributed by atoms with E-state index in [2.05, 4.69) is 15.9 Å². The third-order valence-corrected chi connectivity index (χ3v) is 3.97. The zero-order valence-corrected chi connectivity index (χ0v) is 12.6. The van der Waals surface area contributed by atoms with Crippen molar-refractivity contribution in [1.82, 2.24) is 9.55 Å². The van der Waals surface area contributed by atoms with Crippen molar-refractivity contribution >= 4 is 22.0 Å². The number of aromatic amines is 1. The van der Waals surface area contributed by atoms with Crippen LogP contribution in [0.5, 0.6) is 0 Å². The molecule has 0 saturated heterocycles. The van der Waals surface area contributed by atoms with E-state index in [1.54, 1.807) is 0 Å². The van der Waals surface area contributed by atoms with Gasteiger partial charge in [-0.15, -0.1) is 0 Å². The van der Waals surface area contributed by atoms with Gasteiger partial charge in [-0.3, -0.25) is 14.3 Å². The Morgan fingerprint density at radius 1 is 1.36 bits per heavy atom. The number of hydrogen-bond donors (Lipinski definition) is 4. The molecule has 1 aliphatic rings. The maximum Gasteiger partial charge on any atom is 0.328 e. The molecule has 2 rings (SSSR count). The fraction of sp³-hybridized carbons (Fsp3) is 0.500. The Bertz CT molecular complexity index is 701. The topological polar surface area (TPSA) is 116 Å². The van der Waals surface area contributed by atoms with Crippen LogP contribution in [0.3, 0.4) is 0 Å². The van der Waals surface area contributed by atoms with Crippen molar-refractivity contribution in [1.29, 1.82) is 0 Å². The quantitative estimate of drug-likeness (QED) is 0.558. The summed E-state index contributed by atoms with van der Waals surface area (Å²) in [6.07, 6.45) is -1.78. The fourth-order valence-corrected chi connectivity index (χ4v) is 2.86. The van der Waals surface area contributed by atoms with Gasteiger partial charge in [0.05, 0.1) is 24.2 Å². The van der Waals surface area contributed by atoms with Crippen LogP contribution in [0.15, 0.2) is 20.8 Å². The third kappa shape index (κ3) is 2.56. The Morgan fingerprint density at radius 3 is 2.50 bits per heavy atom. The molecular formula is C12H13BrF2N2O5. The van der Waals surface area contributed by atoms with Crippen molar-refractivity contribution in [3.63, 3.8) is 0 Å². The second kappa shape index (κ2) is 6.03. The van der Waals surface area contributed by atoms with Gasteiger partial charge in [-0.2, -0.15) is 0 Å². The number of aliphatic hydroxyl groups is 3. The summed E-state index contributed by atoms with van der Waals surface area (Å²) in [5.41, 5.74) is -2.03. The van der Waals surface area contributed by atoms with Gasteiger partial charge in [-0.05, 0) is 11.1 Å². The number of nitrogens with zero attached hydrogens (tertiary/aromatic N) is 1. The van der Waals surface area contributed by atoms with Gasteiger partial charge >= 0.3 is 5.69 Å². The lowest BCUT2D eigenvalue weighted by Gasteiger charge is -2.25. The molecule has 1 aromatic rings. The number of nitrogens with one attached hydrogen (secondary N) is 1. The first-order valence-electron chi connectivity index (χ1n) is 6.22. The van der Waals surface area contributed by atoms with Gasteiger partial charge in [-0.25, -0.2) is 13.6 Å². The molecule has 1 aliphatic carbocycles. The van der Waals surface area contributed by atoms with E-state index in [1.807, 2.05) is 4.98 Å². The molecule has 4 N–H and O–H groups in total. The SMILES string of the molecule is O=c1[nH]c(=O)n(C2C(O)C(O)C(CO)C2(F)F)cc1C=CBr. The average Bonchev–Trinajstić information content (AvgIpc) is 2.60. The number of aromatic nitrogens is 2. The highest BCUT2D eigenvalue weighted by atomic mass is 79.9. The Morgan fingerprint density at radius 2 is 2.00 bits per heavy atom. The predicted octanol–water partition coefficient (Wildman–Crippen LogP) is -0.577. The molecule has 7 nitrogen and oxygen atoms in total. The Labute approximate surface area is 130 Å². The summed E-state index contributed by atoms with van der Waals surface area (Å²) in [6, 6.07) is -2.11. The van der Waals surface area contributed by atoms with Crippen molar-refractivity contribution in [2.75, 3.05) is 6.61 Å². The standard InChI is InChI=1S/C12H13BrF2N2O5/c13-2-1-5-3-17(11(22)16-10(5)21)9-8(20)7(19)6(4-18)12(9,14)15/h1-3,6-9,18-20H,4H2,(H,16,21,22). The number of halogens is 3. The smallest absolute Gasteiger partial charge is 0.328 e. The molecule has 0 aliphatic heterocycles. The average molecular weight is 383 g/mol. The van der Waals surface area contributed by atoms with Crippen LogP contribution < -0.4 is 11.2 Å². The highest BCUT2D eigenvalue weighted by molar-refractivity contribution is 9.11. The van der Waals surface area contributed by atoms with Crippen LogP contribution in [0.2, 0.25) is 0 Å². The van der Waals surface area contributed by atoms with E-state index in [-0.39, 0.29) is 5.56 Å². The lowest BCUT2D eigenvalue weighted by Crippen LogP contribution is -2.43. The Balaban J connectivity index is 2.63. The molecule has 10 heteroatoms. The number of aliphatic hydroxyl groups excluding tert-OH is 3. The molecule has 0 spiro atoms. The third-order valence-electron chi connectivity index (χ3n) is 3.71. The fourth-order valence-electron chi connectivity index (χ4n) is 2.57. The molecule has 4 unspecified atom stereocenters. The molecule has 0 radical (unpaired) electrons. The molecule has 1 aromatic heterocycles. The van der Waals surface area contributed by atoms with Crippen molar-refractivity contribution < 1.29 is 24.1 Å². The van der Waals surface area contributed by atoms with Crippen molar-refractivity contribution in [3.8, 4) is 0 Å². The summed E-state index contributed by atoms with van der Waals surface area (Å²) in [5.74, 6) is -5.66. The molecule has 0 bridgehead atoms. The molecule has 0 aromatic carbocycles. The second-order valence-electron chi connectivity index (χ2n) is 4.93. The zero-order chi connectivity index (χ0) is 16.7. The van der Waals surface area contributed by atoms with Crippen LogP contribution in [0, 0.1) is 5.92 Å². The van der Waals surface area contributed by atoms with Crippen LogP contribution in [-0.2, 0) is 0 Å².